The Bertz CT molecular complexity index is 767. The summed E-state index contributed by atoms with van der Waals surface area (Å²) in [5.74, 6) is 0.0335. The number of nitrogens with one attached hydrogen (secondary N) is 2. The number of nitrogens with zero attached hydrogens (tertiary/aromatic N) is 3. The van der Waals surface area contributed by atoms with Gasteiger partial charge < -0.3 is 15.0 Å². The lowest BCUT2D eigenvalue weighted by atomic mass is 9.98. The number of H-pyrrole nitrogens is 1. The smallest absolute Gasteiger partial charge is 0.274 e. The molecule has 0 spiro atoms. The van der Waals surface area contributed by atoms with Crippen LogP contribution in [0.4, 0.5) is 5.69 Å². The normalized spacial score (nSPS) is 23.5. The number of piperidine rings is 1. The van der Waals surface area contributed by atoms with Crippen LogP contribution in [0.3, 0.4) is 0 Å². The van der Waals surface area contributed by atoms with Crippen molar-refractivity contribution in [2.24, 2.45) is 0 Å². The third kappa shape index (κ3) is 3.31. The van der Waals surface area contributed by atoms with E-state index in [0.717, 1.165) is 49.3 Å². The Labute approximate surface area is 153 Å². The lowest BCUT2D eigenvalue weighted by Crippen LogP contribution is -2.43. The van der Waals surface area contributed by atoms with E-state index in [1.165, 1.54) is 0 Å². The van der Waals surface area contributed by atoms with Crippen molar-refractivity contribution in [2.45, 2.75) is 51.4 Å². The third-order valence-corrected chi connectivity index (χ3v) is 5.27. The van der Waals surface area contributed by atoms with Gasteiger partial charge in [0.1, 0.15) is 0 Å². The second-order valence-corrected chi connectivity index (χ2v) is 7.20. The maximum absolute atomic E-state index is 13.0. The van der Waals surface area contributed by atoms with Crippen LogP contribution < -0.4 is 5.32 Å². The molecule has 26 heavy (non-hydrogen) atoms. The quantitative estimate of drug-likeness (QED) is 0.884. The Balaban J connectivity index is 1.40. The molecule has 2 N–H and O–H groups in total. The fourth-order valence-electron chi connectivity index (χ4n) is 3.91. The molecule has 7 heteroatoms. The summed E-state index contributed by atoms with van der Waals surface area (Å²) >= 11 is 0. The highest BCUT2D eigenvalue weighted by atomic mass is 16.5. The molecule has 2 aromatic heterocycles. The molecule has 2 atom stereocenters. The number of carbonyl (C=O) groups excluding carboxylic acids is 1. The van der Waals surface area contributed by atoms with Gasteiger partial charge >= 0.3 is 0 Å². The first-order valence-electron chi connectivity index (χ1n) is 9.30. The van der Waals surface area contributed by atoms with Crippen LogP contribution in [-0.4, -0.2) is 51.2 Å². The summed E-state index contributed by atoms with van der Waals surface area (Å²) in [5, 5.41) is 10.9. The average Bonchev–Trinajstić information content (AvgIpc) is 3.07. The molecule has 2 aliphatic heterocycles. The van der Waals surface area contributed by atoms with Crippen molar-refractivity contribution in [1.82, 2.24) is 20.1 Å². The van der Waals surface area contributed by atoms with E-state index in [9.17, 15) is 4.79 Å². The molecule has 0 radical (unpaired) electrons. The molecular weight excluding hydrogens is 330 g/mol. The minimum Gasteiger partial charge on any atom is -0.382 e. The lowest BCUT2D eigenvalue weighted by Gasteiger charge is -2.33. The molecule has 1 fully saturated rings. The van der Waals surface area contributed by atoms with E-state index in [2.05, 4.69) is 20.5 Å². The number of pyridine rings is 1. The van der Waals surface area contributed by atoms with Crippen LogP contribution in [0.25, 0.3) is 0 Å². The van der Waals surface area contributed by atoms with Gasteiger partial charge in [0.05, 0.1) is 17.9 Å². The van der Waals surface area contributed by atoms with Gasteiger partial charge in [0.15, 0.2) is 5.69 Å². The topological polar surface area (TPSA) is 83.1 Å². The van der Waals surface area contributed by atoms with Crippen LogP contribution in [0.15, 0.2) is 24.5 Å². The summed E-state index contributed by atoms with van der Waals surface area (Å²) < 4.78 is 5.81. The Morgan fingerprint density at radius 3 is 2.73 bits per heavy atom. The van der Waals surface area contributed by atoms with Crippen LogP contribution in [0.1, 0.15) is 54.5 Å². The number of anilines is 1. The monoisotopic (exact) mass is 355 g/mol. The fourth-order valence-corrected chi connectivity index (χ4v) is 3.91. The predicted molar refractivity (Wildman–Crippen MR) is 98.0 cm³/mol. The number of likely N-dealkylation sites (tertiary alicyclic amines) is 1. The van der Waals surface area contributed by atoms with E-state index >= 15 is 0 Å². The first-order chi connectivity index (χ1) is 12.6. The molecule has 2 aromatic rings. The van der Waals surface area contributed by atoms with Gasteiger partial charge in [-0.15, -0.1) is 0 Å². The molecule has 4 heterocycles. The number of rotatable bonds is 3. The van der Waals surface area contributed by atoms with E-state index in [-0.39, 0.29) is 18.1 Å². The molecule has 1 saturated heterocycles. The SMILES string of the molecule is C[C@@H]1Cc2c(C(=O)N3CCC(Nc4ccncc4)CC3)n[nH]c2[C@H](C)O1. The largest absolute Gasteiger partial charge is 0.382 e. The van der Waals surface area contributed by atoms with Crippen LogP contribution in [0, 0.1) is 0 Å². The van der Waals surface area contributed by atoms with Crippen LogP contribution in [0.2, 0.25) is 0 Å². The number of hydrogen-bond donors (Lipinski definition) is 2. The first-order valence-corrected chi connectivity index (χ1v) is 9.30. The standard InChI is InChI=1S/C19H25N5O2/c1-12-11-16-17(13(2)26-12)22-23-18(16)19(25)24-9-5-15(6-10-24)21-14-3-7-20-8-4-14/h3-4,7-8,12-13,15H,5-6,9-11H2,1-2H3,(H,20,21)(H,22,23)/t12-,13+/m1/s1. The number of amides is 1. The number of aromatic amines is 1. The lowest BCUT2D eigenvalue weighted by molar-refractivity contribution is -0.00702. The number of carbonyl (C=O) groups is 1. The van der Waals surface area contributed by atoms with Crippen molar-refractivity contribution in [1.29, 1.82) is 0 Å². The average molecular weight is 355 g/mol. The van der Waals surface area contributed by atoms with Crippen molar-refractivity contribution in [2.75, 3.05) is 18.4 Å². The number of hydrogen-bond acceptors (Lipinski definition) is 5. The van der Waals surface area contributed by atoms with E-state index in [1.807, 2.05) is 30.9 Å². The zero-order valence-electron chi connectivity index (χ0n) is 15.2. The summed E-state index contributed by atoms with van der Waals surface area (Å²) in [5.41, 5.74) is 3.62. The maximum Gasteiger partial charge on any atom is 0.274 e. The van der Waals surface area contributed by atoms with Crippen LogP contribution in [0.5, 0.6) is 0 Å². The van der Waals surface area contributed by atoms with E-state index in [1.54, 1.807) is 12.4 Å². The second kappa shape index (κ2) is 7.07. The van der Waals surface area contributed by atoms with Gasteiger partial charge in [-0.25, -0.2) is 0 Å². The molecular formula is C19H25N5O2. The van der Waals surface area contributed by atoms with Gasteiger partial charge in [-0.05, 0) is 38.8 Å². The van der Waals surface area contributed by atoms with E-state index in [0.29, 0.717) is 11.7 Å². The maximum atomic E-state index is 13.0. The molecule has 2 aliphatic rings. The van der Waals surface area contributed by atoms with E-state index < -0.39 is 0 Å². The van der Waals surface area contributed by atoms with Gasteiger partial charge in [0.25, 0.3) is 5.91 Å². The first kappa shape index (κ1) is 17.0. The summed E-state index contributed by atoms with van der Waals surface area (Å²) in [7, 11) is 0. The number of ether oxygens (including phenoxy) is 1. The summed E-state index contributed by atoms with van der Waals surface area (Å²) in [6.07, 6.45) is 6.22. The minimum atomic E-state index is -0.0434. The summed E-state index contributed by atoms with van der Waals surface area (Å²) in [6, 6.07) is 4.32. The van der Waals surface area contributed by atoms with Gasteiger partial charge in [0, 0.05) is 49.2 Å². The molecule has 7 nitrogen and oxygen atoms in total. The number of fused-ring (bicyclic) bond motifs is 1. The van der Waals surface area contributed by atoms with Crippen molar-refractivity contribution in [3.05, 3.63) is 41.5 Å². The van der Waals surface area contributed by atoms with E-state index in [4.69, 9.17) is 4.74 Å². The molecule has 0 unspecified atom stereocenters. The fraction of sp³-hybridized carbons (Fsp3) is 0.526. The third-order valence-electron chi connectivity index (χ3n) is 5.27. The molecule has 1 amide bonds. The van der Waals surface area contributed by atoms with Crippen molar-refractivity contribution in [3.8, 4) is 0 Å². The highest BCUT2D eigenvalue weighted by Crippen LogP contribution is 2.31. The van der Waals surface area contributed by atoms with Crippen molar-refractivity contribution < 1.29 is 9.53 Å². The molecule has 0 aromatic carbocycles. The molecule has 4 rings (SSSR count). The van der Waals surface area contributed by atoms with Gasteiger partial charge in [-0.2, -0.15) is 5.10 Å². The number of aromatic nitrogens is 3. The summed E-state index contributed by atoms with van der Waals surface area (Å²) in [4.78, 5) is 18.9. The van der Waals surface area contributed by atoms with Gasteiger partial charge in [-0.3, -0.25) is 14.9 Å². The zero-order chi connectivity index (χ0) is 18.1. The van der Waals surface area contributed by atoms with Crippen molar-refractivity contribution >= 4 is 11.6 Å². The minimum absolute atomic E-state index is 0.0335. The van der Waals surface area contributed by atoms with Gasteiger partial charge in [0.2, 0.25) is 0 Å². The Morgan fingerprint density at radius 1 is 1.27 bits per heavy atom. The summed E-state index contributed by atoms with van der Waals surface area (Å²) in [6.45, 7) is 5.52. The Hall–Kier alpha value is -2.41. The van der Waals surface area contributed by atoms with Crippen LogP contribution in [-0.2, 0) is 11.2 Å². The Kier molecular flexibility index (Phi) is 4.63. The molecule has 138 valence electrons. The molecule has 0 bridgehead atoms. The van der Waals surface area contributed by atoms with Crippen molar-refractivity contribution in [3.63, 3.8) is 0 Å². The zero-order valence-corrected chi connectivity index (χ0v) is 15.2. The van der Waals surface area contributed by atoms with Crippen LogP contribution >= 0.6 is 0 Å². The second-order valence-electron chi connectivity index (χ2n) is 7.20. The van der Waals surface area contributed by atoms with Gasteiger partial charge in [-0.1, -0.05) is 0 Å². The molecule has 0 saturated carbocycles. The Morgan fingerprint density at radius 2 is 2.00 bits per heavy atom. The predicted octanol–water partition coefficient (Wildman–Crippen LogP) is 2.54. The highest BCUT2D eigenvalue weighted by Gasteiger charge is 2.32. The highest BCUT2D eigenvalue weighted by molar-refractivity contribution is 5.94. The molecule has 0 aliphatic carbocycles.